The zero-order chi connectivity index (χ0) is 20.1. The molecule has 2 aliphatic rings. The summed E-state index contributed by atoms with van der Waals surface area (Å²) in [5.74, 6) is 0.00441. The van der Waals surface area contributed by atoms with E-state index in [2.05, 4.69) is 10.3 Å². The van der Waals surface area contributed by atoms with Gasteiger partial charge in [-0.15, -0.1) is 12.4 Å². The number of aryl methyl sites for hydroxylation is 1. The third kappa shape index (κ3) is 4.07. The van der Waals surface area contributed by atoms with E-state index in [1.165, 1.54) is 12.8 Å². The first-order chi connectivity index (χ1) is 13.3. The summed E-state index contributed by atoms with van der Waals surface area (Å²) in [7, 11) is 0. The number of aliphatic hydroxyl groups excluding tert-OH is 1. The minimum absolute atomic E-state index is 0. The van der Waals surface area contributed by atoms with E-state index in [-0.39, 0.29) is 36.6 Å². The normalized spacial score (nSPS) is 23.3. The highest BCUT2D eigenvalue weighted by Gasteiger charge is 2.47. The first-order valence-electron chi connectivity index (χ1n) is 9.88. The second kappa shape index (κ2) is 7.88. The van der Waals surface area contributed by atoms with Crippen LogP contribution < -0.4 is 5.32 Å². The lowest BCUT2D eigenvalue weighted by molar-refractivity contribution is -0.128. The molecule has 5 nitrogen and oxygen atoms in total. The average molecular weight is 415 g/mol. The molecular weight excluding hydrogens is 388 g/mol. The highest BCUT2D eigenvalue weighted by atomic mass is 35.5. The number of nitrogens with one attached hydrogen (secondary N) is 1. The number of amides is 2. The Labute approximate surface area is 177 Å². The number of hydrogen-bond donors (Lipinski definition) is 2. The molecule has 154 valence electrons. The van der Waals surface area contributed by atoms with Gasteiger partial charge in [0.1, 0.15) is 6.10 Å². The van der Waals surface area contributed by atoms with Crippen molar-refractivity contribution in [3.05, 3.63) is 64.5 Å². The summed E-state index contributed by atoms with van der Waals surface area (Å²) >= 11 is 0. The molecule has 3 atom stereocenters. The fourth-order valence-electron chi connectivity index (χ4n) is 4.07. The Bertz CT molecular complexity index is 940. The van der Waals surface area contributed by atoms with Crippen molar-refractivity contribution in [2.45, 2.75) is 58.0 Å². The summed E-state index contributed by atoms with van der Waals surface area (Å²) in [5.41, 5.74) is 3.91. The van der Waals surface area contributed by atoms with Crippen LogP contribution in [0, 0.1) is 12.3 Å². The van der Waals surface area contributed by atoms with Crippen LogP contribution in [0.25, 0.3) is 0 Å². The number of benzene rings is 1. The van der Waals surface area contributed by atoms with Gasteiger partial charge in [-0.25, -0.2) is 0 Å². The van der Waals surface area contributed by atoms with Gasteiger partial charge in [0.2, 0.25) is 11.8 Å². The van der Waals surface area contributed by atoms with E-state index in [1.807, 2.05) is 57.2 Å². The largest absolute Gasteiger partial charge is 0.384 e. The zero-order valence-electron chi connectivity index (χ0n) is 16.9. The predicted octanol–water partition coefficient (Wildman–Crippen LogP) is 3.93. The van der Waals surface area contributed by atoms with Gasteiger partial charge in [-0.2, -0.15) is 0 Å². The van der Waals surface area contributed by atoms with Gasteiger partial charge < -0.3 is 5.11 Å². The molecule has 29 heavy (non-hydrogen) atoms. The fraction of sp³-hybridized carbons (Fsp3) is 0.435. The number of halogens is 1. The Hall–Kier alpha value is -2.24. The lowest BCUT2D eigenvalue weighted by Gasteiger charge is -2.28. The molecule has 1 aliphatic heterocycles. The highest BCUT2D eigenvalue weighted by Crippen LogP contribution is 2.42. The quantitative estimate of drug-likeness (QED) is 0.726. The monoisotopic (exact) mass is 414 g/mol. The lowest BCUT2D eigenvalue weighted by atomic mass is 9.73. The third-order valence-electron chi connectivity index (χ3n) is 6.31. The van der Waals surface area contributed by atoms with E-state index >= 15 is 0 Å². The molecule has 2 aromatic rings. The summed E-state index contributed by atoms with van der Waals surface area (Å²) in [6.07, 6.45) is 1.84. The molecule has 0 bridgehead atoms. The third-order valence-corrected chi connectivity index (χ3v) is 6.31. The molecule has 4 rings (SSSR count). The van der Waals surface area contributed by atoms with Crippen LogP contribution >= 0.6 is 12.4 Å². The van der Waals surface area contributed by atoms with E-state index in [1.54, 1.807) is 0 Å². The molecule has 1 saturated carbocycles. The van der Waals surface area contributed by atoms with Crippen LogP contribution in [0.3, 0.4) is 0 Å². The van der Waals surface area contributed by atoms with Gasteiger partial charge in [0.15, 0.2) is 0 Å². The minimum atomic E-state index is -0.738. The van der Waals surface area contributed by atoms with Gasteiger partial charge >= 0.3 is 0 Å². The topological polar surface area (TPSA) is 79.3 Å². The maximum atomic E-state index is 12.2. The number of hydrogen-bond acceptors (Lipinski definition) is 4. The van der Waals surface area contributed by atoms with Crippen LogP contribution in [0.15, 0.2) is 36.4 Å². The summed E-state index contributed by atoms with van der Waals surface area (Å²) in [6, 6.07) is 11.6. The second-order valence-corrected chi connectivity index (χ2v) is 8.50. The SMILES string of the molecule is Cc1cc(C(O)c2ccc([C@@H](C)[C@]3(C)CC(=O)NC3=O)cc2)cc(C2CC2)n1.Cl. The molecule has 1 unspecified atom stereocenters. The standard InChI is InChI=1S/C23H26N2O3.ClH/c1-13-10-18(11-19(24-13)16-6-7-16)21(27)17-8-4-15(5-9-17)14(2)23(3)12-20(26)25-22(23)28;/h4-5,8-11,14,16,21,27H,6-7,12H2,1-3H3,(H,25,26,28);1H/t14-,21?,23+;/m1./s1. The molecule has 1 aliphatic carbocycles. The first kappa shape index (κ1) is 21.5. The van der Waals surface area contributed by atoms with Crippen LogP contribution in [-0.2, 0) is 9.59 Å². The molecule has 0 spiro atoms. The smallest absolute Gasteiger partial charge is 0.233 e. The molecule has 2 fully saturated rings. The molecule has 2 amide bonds. The van der Waals surface area contributed by atoms with Gasteiger partial charge in [-0.3, -0.25) is 19.9 Å². The van der Waals surface area contributed by atoms with Crippen LogP contribution in [-0.4, -0.2) is 21.9 Å². The number of aromatic nitrogens is 1. The number of rotatable bonds is 5. The summed E-state index contributed by atoms with van der Waals surface area (Å²) < 4.78 is 0. The molecule has 1 aromatic heterocycles. The number of nitrogens with zero attached hydrogens (tertiary/aromatic N) is 1. The van der Waals surface area contributed by atoms with Crippen molar-refractivity contribution in [3.8, 4) is 0 Å². The second-order valence-electron chi connectivity index (χ2n) is 8.50. The van der Waals surface area contributed by atoms with Crippen LogP contribution in [0.1, 0.15) is 79.1 Å². The van der Waals surface area contributed by atoms with Crippen molar-refractivity contribution in [2.75, 3.05) is 0 Å². The predicted molar refractivity (Wildman–Crippen MR) is 113 cm³/mol. The van der Waals surface area contributed by atoms with E-state index in [9.17, 15) is 14.7 Å². The van der Waals surface area contributed by atoms with E-state index in [4.69, 9.17) is 0 Å². The van der Waals surface area contributed by atoms with E-state index in [0.717, 1.165) is 28.1 Å². The van der Waals surface area contributed by atoms with Crippen LogP contribution in [0.5, 0.6) is 0 Å². The van der Waals surface area contributed by atoms with E-state index < -0.39 is 11.5 Å². The average Bonchev–Trinajstić information content (AvgIpc) is 3.47. The molecule has 2 heterocycles. The maximum Gasteiger partial charge on any atom is 0.233 e. The van der Waals surface area contributed by atoms with Crippen molar-refractivity contribution in [2.24, 2.45) is 5.41 Å². The Morgan fingerprint density at radius 2 is 1.72 bits per heavy atom. The lowest BCUT2D eigenvalue weighted by Crippen LogP contribution is -2.33. The van der Waals surface area contributed by atoms with Gasteiger partial charge in [0, 0.05) is 23.7 Å². The van der Waals surface area contributed by atoms with Crippen molar-refractivity contribution in [3.63, 3.8) is 0 Å². The molecular formula is C23H27ClN2O3. The molecule has 0 radical (unpaired) electrons. The highest BCUT2D eigenvalue weighted by molar-refractivity contribution is 6.06. The molecule has 1 saturated heterocycles. The number of aliphatic hydroxyl groups is 1. The Morgan fingerprint density at radius 3 is 2.28 bits per heavy atom. The van der Waals surface area contributed by atoms with Crippen molar-refractivity contribution < 1.29 is 14.7 Å². The first-order valence-corrected chi connectivity index (χ1v) is 9.88. The summed E-state index contributed by atoms with van der Waals surface area (Å²) in [6.45, 7) is 5.76. The summed E-state index contributed by atoms with van der Waals surface area (Å²) in [4.78, 5) is 28.5. The fourth-order valence-corrected chi connectivity index (χ4v) is 4.07. The van der Waals surface area contributed by atoms with Gasteiger partial charge in [0.25, 0.3) is 0 Å². The Kier molecular flexibility index (Phi) is 5.84. The van der Waals surface area contributed by atoms with Crippen molar-refractivity contribution in [1.82, 2.24) is 10.3 Å². The Balaban J connectivity index is 0.00000240. The maximum absolute atomic E-state index is 12.2. The summed E-state index contributed by atoms with van der Waals surface area (Å²) in [5, 5.41) is 13.3. The number of pyridine rings is 1. The Morgan fingerprint density at radius 1 is 1.10 bits per heavy atom. The van der Waals surface area contributed by atoms with Gasteiger partial charge in [-0.05, 0) is 61.4 Å². The zero-order valence-corrected chi connectivity index (χ0v) is 17.8. The molecule has 2 N–H and O–H groups in total. The number of carbonyl (C=O) groups is 2. The molecule has 1 aromatic carbocycles. The number of imide groups is 1. The van der Waals surface area contributed by atoms with Gasteiger partial charge in [-0.1, -0.05) is 31.2 Å². The number of carbonyl (C=O) groups excluding carboxylic acids is 2. The van der Waals surface area contributed by atoms with Gasteiger partial charge in [0.05, 0.1) is 5.41 Å². The van der Waals surface area contributed by atoms with Crippen LogP contribution in [0.2, 0.25) is 0 Å². The van der Waals surface area contributed by atoms with Crippen molar-refractivity contribution >= 4 is 24.2 Å². The van der Waals surface area contributed by atoms with E-state index in [0.29, 0.717) is 5.92 Å². The van der Waals surface area contributed by atoms with Crippen LogP contribution in [0.4, 0.5) is 0 Å². The molecule has 6 heteroatoms. The van der Waals surface area contributed by atoms with Crippen molar-refractivity contribution in [1.29, 1.82) is 0 Å². The minimum Gasteiger partial charge on any atom is -0.384 e.